The Hall–Kier alpha value is -1.34. The fourth-order valence-electron chi connectivity index (χ4n) is 2.28. The largest absolute Gasteiger partial charge is 0.444 e. The van der Waals surface area contributed by atoms with Crippen LogP contribution in [0.3, 0.4) is 0 Å². The Balaban J connectivity index is 2.01. The fraction of sp³-hybridized carbons (Fsp3) is 0.500. The molecule has 0 saturated carbocycles. The van der Waals surface area contributed by atoms with E-state index in [1.807, 2.05) is 0 Å². The second-order valence-corrected chi connectivity index (χ2v) is 7.77. The normalized spacial score (nSPS) is 15.4. The quantitative estimate of drug-likeness (QED) is 0.646. The van der Waals surface area contributed by atoms with E-state index < -0.39 is 17.5 Å². The van der Waals surface area contributed by atoms with Crippen molar-refractivity contribution in [1.29, 1.82) is 0 Å². The van der Waals surface area contributed by atoms with Crippen LogP contribution < -0.4 is 0 Å². The molecule has 24 heavy (non-hydrogen) atoms. The van der Waals surface area contributed by atoms with Crippen molar-refractivity contribution in [3.8, 4) is 0 Å². The van der Waals surface area contributed by atoms with Crippen LogP contribution in [-0.4, -0.2) is 53.6 Å². The second kappa shape index (κ2) is 7.27. The maximum Gasteiger partial charge on any atom is 0.410 e. The van der Waals surface area contributed by atoms with Crippen LogP contribution >= 0.6 is 27.5 Å². The van der Waals surface area contributed by atoms with E-state index in [9.17, 15) is 14.0 Å². The average Bonchev–Trinajstić information content (AvgIpc) is 2.49. The number of carbonyl (C=O) groups is 2. The van der Waals surface area contributed by atoms with Gasteiger partial charge in [0.2, 0.25) is 0 Å². The van der Waals surface area contributed by atoms with Gasteiger partial charge in [0.05, 0.1) is 15.1 Å². The number of benzene rings is 1. The summed E-state index contributed by atoms with van der Waals surface area (Å²) >= 11 is 9.07. The number of amides is 2. The molecule has 132 valence electrons. The van der Waals surface area contributed by atoms with Gasteiger partial charge in [-0.25, -0.2) is 9.18 Å². The first kappa shape index (κ1) is 19.0. The van der Waals surface area contributed by atoms with Crippen LogP contribution in [0.4, 0.5) is 9.18 Å². The zero-order valence-electron chi connectivity index (χ0n) is 13.7. The van der Waals surface area contributed by atoms with Crippen molar-refractivity contribution in [2.75, 3.05) is 26.2 Å². The Kier molecular flexibility index (Phi) is 5.75. The molecule has 2 amide bonds. The lowest BCUT2D eigenvalue weighted by molar-refractivity contribution is 0.0141. The first-order valence-electron chi connectivity index (χ1n) is 7.50. The molecule has 0 aliphatic carbocycles. The van der Waals surface area contributed by atoms with Crippen molar-refractivity contribution in [3.05, 3.63) is 33.0 Å². The minimum atomic E-state index is -0.563. The molecular weight excluding hydrogens is 403 g/mol. The third-order valence-corrected chi connectivity index (χ3v) is 4.38. The number of nitrogens with zero attached hydrogens (tertiary/aromatic N) is 2. The van der Waals surface area contributed by atoms with Crippen LogP contribution in [0.15, 0.2) is 16.6 Å². The fourth-order valence-corrected chi connectivity index (χ4v) is 3.00. The van der Waals surface area contributed by atoms with Gasteiger partial charge in [-0.2, -0.15) is 0 Å². The lowest BCUT2D eigenvalue weighted by Gasteiger charge is -2.35. The van der Waals surface area contributed by atoms with Crippen molar-refractivity contribution < 1.29 is 18.7 Å². The summed E-state index contributed by atoms with van der Waals surface area (Å²) in [6.45, 7) is 6.80. The zero-order chi connectivity index (χ0) is 18.1. The highest BCUT2D eigenvalue weighted by atomic mass is 79.9. The third kappa shape index (κ3) is 4.60. The van der Waals surface area contributed by atoms with Crippen molar-refractivity contribution in [3.63, 3.8) is 0 Å². The summed E-state index contributed by atoms with van der Waals surface area (Å²) < 4.78 is 19.2. The summed E-state index contributed by atoms with van der Waals surface area (Å²) in [5.41, 5.74) is -0.449. The Morgan fingerprint density at radius 2 is 1.71 bits per heavy atom. The molecule has 2 rings (SSSR count). The molecule has 8 heteroatoms. The van der Waals surface area contributed by atoms with Crippen LogP contribution in [0.5, 0.6) is 0 Å². The summed E-state index contributed by atoms with van der Waals surface area (Å²) in [6, 6.07) is 2.48. The van der Waals surface area contributed by atoms with Crippen LogP contribution in [0, 0.1) is 5.82 Å². The van der Waals surface area contributed by atoms with E-state index in [0.717, 1.165) is 6.07 Å². The maximum atomic E-state index is 13.7. The SMILES string of the molecule is CC(C)(C)OC(=O)N1CCN(C(=O)c2cc(F)c(Br)cc2Cl)CC1. The molecular formula is C16H19BrClFN2O3. The molecule has 1 fully saturated rings. The number of rotatable bonds is 1. The topological polar surface area (TPSA) is 49.9 Å². The lowest BCUT2D eigenvalue weighted by atomic mass is 10.1. The van der Waals surface area contributed by atoms with E-state index in [0.29, 0.717) is 26.2 Å². The van der Waals surface area contributed by atoms with Gasteiger partial charge in [0.1, 0.15) is 11.4 Å². The Bertz CT molecular complexity index is 655. The summed E-state index contributed by atoms with van der Waals surface area (Å²) in [5.74, 6) is -0.898. The Morgan fingerprint density at radius 1 is 1.17 bits per heavy atom. The molecule has 0 bridgehead atoms. The molecule has 0 atom stereocenters. The van der Waals surface area contributed by atoms with E-state index in [-0.39, 0.29) is 21.0 Å². The van der Waals surface area contributed by atoms with Gasteiger partial charge in [0, 0.05) is 26.2 Å². The van der Waals surface area contributed by atoms with Gasteiger partial charge >= 0.3 is 6.09 Å². The van der Waals surface area contributed by atoms with Gasteiger partial charge in [-0.05, 0) is 48.8 Å². The van der Waals surface area contributed by atoms with E-state index in [2.05, 4.69) is 15.9 Å². The van der Waals surface area contributed by atoms with Crippen molar-refractivity contribution in [1.82, 2.24) is 9.80 Å². The van der Waals surface area contributed by atoms with E-state index >= 15 is 0 Å². The summed E-state index contributed by atoms with van der Waals surface area (Å²) in [5, 5.41) is 0.183. The first-order chi connectivity index (χ1) is 11.1. The van der Waals surface area contributed by atoms with E-state index in [4.69, 9.17) is 16.3 Å². The van der Waals surface area contributed by atoms with Crippen LogP contribution in [0.25, 0.3) is 0 Å². The molecule has 0 radical (unpaired) electrons. The zero-order valence-corrected chi connectivity index (χ0v) is 16.1. The third-order valence-electron chi connectivity index (χ3n) is 3.46. The molecule has 1 aromatic carbocycles. The Morgan fingerprint density at radius 3 is 2.25 bits per heavy atom. The minimum Gasteiger partial charge on any atom is -0.444 e. The number of halogens is 3. The molecule has 0 N–H and O–H groups in total. The van der Waals surface area contributed by atoms with Crippen molar-refractivity contribution >= 4 is 39.5 Å². The van der Waals surface area contributed by atoms with Gasteiger partial charge in [-0.3, -0.25) is 4.79 Å². The van der Waals surface area contributed by atoms with Gasteiger partial charge in [0.15, 0.2) is 0 Å². The Labute approximate surface area is 153 Å². The van der Waals surface area contributed by atoms with Crippen LogP contribution in [0.2, 0.25) is 5.02 Å². The first-order valence-corrected chi connectivity index (χ1v) is 8.67. The molecule has 5 nitrogen and oxygen atoms in total. The van der Waals surface area contributed by atoms with Gasteiger partial charge in [-0.1, -0.05) is 11.6 Å². The molecule has 1 saturated heterocycles. The van der Waals surface area contributed by atoms with Gasteiger partial charge in [-0.15, -0.1) is 0 Å². The van der Waals surface area contributed by atoms with Crippen LogP contribution in [-0.2, 0) is 4.74 Å². The standard InChI is InChI=1S/C16H19BrClFN2O3/c1-16(2,3)24-15(23)21-6-4-20(5-7-21)14(22)10-8-13(19)11(17)9-12(10)18/h8-9H,4-7H2,1-3H3. The number of ether oxygens (including phenoxy) is 1. The minimum absolute atomic E-state index is 0.114. The molecule has 1 aromatic rings. The number of hydrogen-bond acceptors (Lipinski definition) is 3. The number of piperazine rings is 1. The molecule has 0 aromatic heterocycles. The van der Waals surface area contributed by atoms with E-state index in [1.54, 1.807) is 30.6 Å². The van der Waals surface area contributed by atoms with E-state index in [1.165, 1.54) is 6.07 Å². The maximum absolute atomic E-state index is 13.7. The smallest absolute Gasteiger partial charge is 0.410 e. The number of hydrogen-bond donors (Lipinski definition) is 0. The monoisotopic (exact) mass is 420 g/mol. The summed E-state index contributed by atoms with van der Waals surface area (Å²) in [7, 11) is 0. The predicted molar refractivity (Wildman–Crippen MR) is 92.8 cm³/mol. The van der Waals surface area contributed by atoms with Gasteiger partial charge < -0.3 is 14.5 Å². The molecule has 0 spiro atoms. The molecule has 0 unspecified atom stereocenters. The molecule has 1 heterocycles. The van der Waals surface area contributed by atoms with Crippen LogP contribution in [0.1, 0.15) is 31.1 Å². The average molecular weight is 422 g/mol. The summed E-state index contributed by atoms with van der Waals surface area (Å²) in [4.78, 5) is 27.6. The predicted octanol–water partition coefficient (Wildman–Crippen LogP) is 3.93. The molecule has 1 aliphatic heterocycles. The van der Waals surface area contributed by atoms with Crippen molar-refractivity contribution in [2.45, 2.75) is 26.4 Å². The highest BCUT2D eigenvalue weighted by Crippen LogP contribution is 2.26. The van der Waals surface area contributed by atoms with Gasteiger partial charge in [0.25, 0.3) is 5.91 Å². The highest BCUT2D eigenvalue weighted by Gasteiger charge is 2.29. The second-order valence-electron chi connectivity index (χ2n) is 6.51. The molecule has 1 aliphatic rings. The summed E-state index contributed by atoms with van der Waals surface area (Å²) in [6.07, 6.45) is -0.401. The highest BCUT2D eigenvalue weighted by molar-refractivity contribution is 9.10. The lowest BCUT2D eigenvalue weighted by Crippen LogP contribution is -2.51. The number of carbonyl (C=O) groups excluding carboxylic acids is 2. The van der Waals surface area contributed by atoms with Crippen molar-refractivity contribution in [2.24, 2.45) is 0 Å².